The summed E-state index contributed by atoms with van der Waals surface area (Å²) in [5, 5.41) is 0. The lowest BCUT2D eigenvalue weighted by Crippen LogP contribution is -1.95. The van der Waals surface area contributed by atoms with Gasteiger partial charge in [0.05, 0.1) is 0 Å². The predicted octanol–water partition coefficient (Wildman–Crippen LogP) is 2.47. The molecule has 56 valence electrons. The molecule has 0 saturated carbocycles. The maximum absolute atomic E-state index is 11.0. The Labute approximate surface area is 62.1 Å². The van der Waals surface area contributed by atoms with Gasteiger partial charge >= 0.3 is 0 Å². The van der Waals surface area contributed by atoms with Crippen molar-refractivity contribution >= 4 is 5.78 Å². The molecule has 0 aromatic heterocycles. The van der Waals surface area contributed by atoms with Gasteiger partial charge in [0.2, 0.25) is 0 Å². The molecule has 0 amide bonds. The molecule has 0 bridgehead atoms. The number of carbonyl (C=O) groups is 1. The van der Waals surface area contributed by atoms with Crippen LogP contribution < -0.4 is 0 Å². The Hall–Kier alpha value is -0.590. The van der Waals surface area contributed by atoms with E-state index in [-0.39, 0.29) is 0 Å². The van der Waals surface area contributed by atoms with Crippen LogP contribution in [0.15, 0.2) is 12.2 Å². The maximum atomic E-state index is 11.0. The second kappa shape index (κ2) is 4.26. The third-order valence-corrected chi connectivity index (χ3v) is 1.82. The summed E-state index contributed by atoms with van der Waals surface area (Å²) in [7, 11) is 0. The minimum absolute atomic E-state index is 0.448. The zero-order chi connectivity index (χ0) is 7.23. The van der Waals surface area contributed by atoms with E-state index in [0.29, 0.717) is 5.78 Å². The SMILES string of the molecule is O=C1CCC/C=C\CCC1. The number of hydrogen-bond acceptors (Lipinski definition) is 1. The van der Waals surface area contributed by atoms with Gasteiger partial charge < -0.3 is 0 Å². The fraction of sp³-hybridized carbons (Fsp3) is 0.667. The lowest BCUT2D eigenvalue weighted by atomic mass is 10.1. The average molecular weight is 138 g/mol. The molecule has 0 unspecified atom stereocenters. The molecule has 1 aliphatic carbocycles. The van der Waals surface area contributed by atoms with Crippen LogP contribution in [0.2, 0.25) is 0 Å². The van der Waals surface area contributed by atoms with Gasteiger partial charge in [0.25, 0.3) is 0 Å². The number of carbonyl (C=O) groups excluding carboxylic acids is 1. The number of rotatable bonds is 0. The number of allylic oxidation sites excluding steroid dienone is 2. The predicted molar refractivity (Wildman–Crippen MR) is 41.8 cm³/mol. The molecule has 1 nitrogen and oxygen atoms in total. The Morgan fingerprint density at radius 3 is 2.00 bits per heavy atom. The second-order valence-electron chi connectivity index (χ2n) is 2.79. The van der Waals surface area contributed by atoms with Crippen LogP contribution in [0.4, 0.5) is 0 Å². The highest BCUT2D eigenvalue weighted by molar-refractivity contribution is 5.78. The summed E-state index contributed by atoms with van der Waals surface area (Å²) < 4.78 is 0. The van der Waals surface area contributed by atoms with Crippen molar-refractivity contribution in [2.24, 2.45) is 0 Å². The molecular weight excluding hydrogens is 124 g/mol. The minimum Gasteiger partial charge on any atom is -0.300 e. The van der Waals surface area contributed by atoms with Crippen LogP contribution in [-0.4, -0.2) is 5.78 Å². The smallest absolute Gasteiger partial charge is 0.132 e. The van der Waals surface area contributed by atoms with E-state index in [4.69, 9.17) is 0 Å². The summed E-state index contributed by atoms with van der Waals surface area (Å²) in [5.74, 6) is 0.448. The van der Waals surface area contributed by atoms with Gasteiger partial charge in [-0.2, -0.15) is 0 Å². The van der Waals surface area contributed by atoms with Crippen molar-refractivity contribution < 1.29 is 4.79 Å². The Bertz CT molecular complexity index is 122. The molecule has 0 saturated heterocycles. The van der Waals surface area contributed by atoms with Gasteiger partial charge in [-0.05, 0) is 25.7 Å². The maximum Gasteiger partial charge on any atom is 0.132 e. The molecule has 0 aliphatic heterocycles. The van der Waals surface area contributed by atoms with Crippen LogP contribution in [0, 0.1) is 0 Å². The molecule has 0 aromatic rings. The van der Waals surface area contributed by atoms with Crippen LogP contribution in [0.1, 0.15) is 38.5 Å². The zero-order valence-electron chi connectivity index (χ0n) is 6.31. The first kappa shape index (κ1) is 7.52. The zero-order valence-corrected chi connectivity index (χ0v) is 6.31. The van der Waals surface area contributed by atoms with Crippen molar-refractivity contribution in [1.82, 2.24) is 0 Å². The Balaban J connectivity index is 2.31. The molecule has 0 fully saturated rings. The topological polar surface area (TPSA) is 17.1 Å². The summed E-state index contributed by atoms with van der Waals surface area (Å²) in [6.45, 7) is 0. The second-order valence-corrected chi connectivity index (χ2v) is 2.79. The molecule has 0 radical (unpaired) electrons. The Morgan fingerprint density at radius 1 is 1.00 bits per heavy atom. The van der Waals surface area contributed by atoms with Gasteiger partial charge in [0.1, 0.15) is 5.78 Å². The standard InChI is InChI=1S/C9H14O/c10-9-7-5-3-1-2-4-6-8-9/h1-2H,3-8H2/b2-1-. The van der Waals surface area contributed by atoms with E-state index >= 15 is 0 Å². The van der Waals surface area contributed by atoms with Crippen molar-refractivity contribution in [3.8, 4) is 0 Å². The van der Waals surface area contributed by atoms with Crippen LogP contribution in [0.5, 0.6) is 0 Å². The molecule has 0 heterocycles. The van der Waals surface area contributed by atoms with Gasteiger partial charge in [-0.25, -0.2) is 0 Å². The van der Waals surface area contributed by atoms with E-state index in [1.54, 1.807) is 0 Å². The van der Waals surface area contributed by atoms with Crippen molar-refractivity contribution in [3.05, 3.63) is 12.2 Å². The van der Waals surface area contributed by atoms with Gasteiger partial charge in [-0.15, -0.1) is 0 Å². The number of hydrogen-bond donors (Lipinski definition) is 0. The highest BCUT2D eigenvalue weighted by Gasteiger charge is 2.01. The summed E-state index contributed by atoms with van der Waals surface area (Å²) in [6, 6.07) is 0. The van der Waals surface area contributed by atoms with Gasteiger partial charge in [-0.3, -0.25) is 4.79 Å². The van der Waals surface area contributed by atoms with Gasteiger partial charge in [-0.1, -0.05) is 12.2 Å². The molecule has 0 N–H and O–H groups in total. The fourth-order valence-electron chi connectivity index (χ4n) is 1.19. The minimum atomic E-state index is 0.448. The molecule has 0 atom stereocenters. The van der Waals surface area contributed by atoms with Crippen molar-refractivity contribution in [1.29, 1.82) is 0 Å². The quantitative estimate of drug-likeness (QED) is 0.470. The molecule has 1 rings (SSSR count). The molecule has 0 spiro atoms. The first-order chi connectivity index (χ1) is 4.89. The summed E-state index contributed by atoms with van der Waals surface area (Å²) in [4.78, 5) is 11.0. The van der Waals surface area contributed by atoms with E-state index in [2.05, 4.69) is 12.2 Å². The summed E-state index contributed by atoms with van der Waals surface area (Å²) in [6.07, 6.45) is 10.3. The molecule has 1 aliphatic rings. The van der Waals surface area contributed by atoms with Crippen LogP contribution >= 0.6 is 0 Å². The summed E-state index contributed by atoms with van der Waals surface area (Å²) in [5.41, 5.74) is 0. The molecular formula is C9H14O. The van der Waals surface area contributed by atoms with Crippen molar-refractivity contribution in [2.45, 2.75) is 38.5 Å². The first-order valence-electron chi connectivity index (χ1n) is 4.06. The molecule has 10 heavy (non-hydrogen) atoms. The van der Waals surface area contributed by atoms with Gasteiger partial charge in [0, 0.05) is 12.8 Å². The fourth-order valence-corrected chi connectivity index (χ4v) is 1.19. The number of Topliss-reactive ketones (excluding diaryl/α,β-unsaturated/α-hetero) is 1. The van der Waals surface area contributed by atoms with Crippen LogP contribution in [-0.2, 0) is 4.79 Å². The van der Waals surface area contributed by atoms with E-state index < -0.39 is 0 Å². The number of ketones is 1. The van der Waals surface area contributed by atoms with Crippen LogP contribution in [0.25, 0.3) is 0 Å². The third-order valence-electron chi connectivity index (χ3n) is 1.82. The Kier molecular flexibility index (Phi) is 3.20. The Morgan fingerprint density at radius 2 is 1.50 bits per heavy atom. The van der Waals surface area contributed by atoms with Crippen molar-refractivity contribution in [2.75, 3.05) is 0 Å². The van der Waals surface area contributed by atoms with E-state index in [1.807, 2.05) is 0 Å². The lowest BCUT2D eigenvalue weighted by Gasteiger charge is -1.94. The highest BCUT2D eigenvalue weighted by Crippen LogP contribution is 2.08. The van der Waals surface area contributed by atoms with E-state index in [1.165, 1.54) is 0 Å². The molecule has 1 heteroatoms. The van der Waals surface area contributed by atoms with Crippen molar-refractivity contribution in [3.63, 3.8) is 0 Å². The summed E-state index contributed by atoms with van der Waals surface area (Å²) >= 11 is 0. The first-order valence-corrected chi connectivity index (χ1v) is 4.06. The van der Waals surface area contributed by atoms with E-state index in [0.717, 1.165) is 38.5 Å². The largest absolute Gasteiger partial charge is 0.300 e. The third kappa shape index (κ3) is 2.81. The monoisotopic (exact) mass is 138 g/mol. The van der Waals surface area contributed by atoms with Gasteiger partial charge in [0.15, 0.2) is 0 Å². The molecule has 0 aromatic carbocycles. The highest BCUT2D eigenvalue weighted by atomic mass is 16.1. The van der Waals surface area contributed by atoms with Crippen LogP contribution in [0.3, 0.4) is 0 Å². The lowest BCUT2D eigenvalue weighted by molar-refractivity contribution is -0.119. The normalized spacial score (nSPS) is 24.6. The van der Waals surface area contributed by atoms with E-state index in [9.17, 15) is 4.79 Å². The average Bonchev–Trinajstić information content (AvgIpc) is 2.02.